The number of aliphatic hydroxyl groups is 1. The molecule has 2 aliphatic heterocycles. The molecule has 3 aromatic rings. The molecule has 0 saturated carbocycles. The van der Waals surface area contributed by atoms with Crippen LogP contribution < -0.4 is 15.0 Å². The van der Waals surface area contributed by atoms with Crippen LogP contribution in [-0.2, 0) is 9.53 Å². The number of pyridine rings is 2. The summed E-state index contributed by atoms with van der Waals surface area (Å²) in [6.45, 7) is 10.4. The number of aromatic nitrogens is 4. The highest BCUT2D eigenvalue weighted by molar-refractivity contribution is 5.91. The van der Waals surface area contributed by atoms with Gasteiger partial charge >= 0.3 is 0 Å². The van der Waals surface area contributed by atoms with E-state index in [9.17, 15) is 9.90 Å². The van der Waals surface area contributed by atoms with Gasteiger partial charge in [0.05, 0.1) is 17.6 Å². The zero-order valence-electron chi connectivity index (χ0n) is 23.2. The number of hydrogen-bond donors (Lipinski definition) is 2. The Bertz CT molecular complexity index is 1330. The monoisotopic (exact) mass is 535 g/mol. The van der Waals surface area contributed by atoms with Gasteiger partial charge in [-0.05, 0) is 42.3 Å². The molecule has 0 unspecified atom stereocenters. The fourth-order valence-electron chi connectivity index (χ4n) is 5.16. The highest BCUT2D eigenvalue weighted by Gasteiger charge is 2.34. The van der Waals surface area contributed by atoms with E-state index in [1.807, 2.05) is 29.0 Å². The van der Waals surface area contributed by atoms with Crippen molar-refractivity contribution in [2.45, 2.75) is 58.3 Å². The van der Waals surface area contributed by atoms with Gasteiger partial charge < -0.3 is 29.7 Å². The fourth-order valence-corrected chi connectivity index (χ4v) is 5.16. The van der Waals surface area contributed by atoms with Gasteiger partial charge in [0, 0.05) is 64.7 Å². The van der Waals surface area contributed by atoms with Gasteiger partial charge in [-0.3, -0.25) is 4.79 Å². The van der Waals surface area contributed by atoms with Crippen molar-refractivity contribution >= 4 is 34.3 Å². The minimum atomic E-state index is -0.592. The minimum absolute atomic E-state index is 0.0779. The lowest BCUT2D eigenvalue weighted by Gasteiger charge is -2.41. The third-order valence-electron chi connectivity index (χ3n) is 7.71. The van der Waals surface area contributed by atoms with E-state index >= 15 is 0 Å². The molecule has 0 radical (unpaired) electrons. The predicted molar refractivity (Wildman–Crippen MR) is 148 cm³/mol. The van der Waals surface area contributed by atoms with Crippen LogP contribution in [0.5, 0.6) is 5.88 Å². The third-order valence-corrected chi connectivity index (χ3v) is 7.71. The fraction of sp³-hybridized carbons (Fsp3) is 0.536. The van der Waals surface area contributed by atoms with Crippen molar-refractivity contribution in [3.05, 3.63) is 36.3 Å². The zero-order chi connectivity index (χ0) is 27.7. The number of piperidine rings is 1. The van der Waals surface area contributed by atoms with Crippen LogP contribution in [0.3, 0.4) is 0 Å². The van der Waals surface area contributed by atoms with E-state index in [-0.39, 0.29) is 30.0 Å². The SMILES string of the molecule is CO[C@H]1CCN(c2nccc(Nc3cc4c(C(C)C)cnc(O[C@H](C)C5CN(C(C)=O)C5)c4cn3)n2)C[C@@H]1O. The molecule has 2 saturated heterocycles. The Morgan fingerprint density at radius 1 is 1.10 bits per heavy atom. The Morgan fingerprint density at radius 3 is 2.59 bits per heavy atom. The highest BCUT2D eigenvalue weighted by atomic mass is 16.5. The van der Waals surface area contributed by atoms with Crippen LogP contribution in [0.15, 0.2) is 30.7 Å². The maximum Gasteiger partial charge on any atom is 0.227 e. The molecule has 3 aromatic heterocycles. The largest absolute Gasteiger partial charge is 0.474 e. The topological polar surface area (TPSA) is 126 Å². The number of carbonyl (C=O) groups excluding carboxylic acids is 1. The number of likely N-dealkylation sites (tertiary alicyclic amines) is 1. The number of methoxy groups -OCH3 is 1. The van der Waals surface area contributed by atoms with Crippen molar-refractivity contribution in [3.8, 4) is 5.88 Å². The number of anilines is 3. The number of fused-ring (bicyclic) bond motifs is 1. The van der Waals surface area contributed by atoms with Crippen molar-refractivity contribution in [1.82, 2.24) is 24.8 Å². The lowest BCUT2D eigenvalue weighted by molar-refractivity contribution is -0.137. The molecule has 208 valence electrons. The molecule has 2 N–H and O–H groups in total. The Morgan fingerprint density at radius 2 is 1.90 bits per heavy atom. The van der Waals surface area contributed by atoms with Gasteiger partial charge in [-0.2, -0.15) is 4.98 Å². The van der Waals surface area contributed by atoms with Crippen LogP contribution in [-0.4, -0.2) is 87.5 Å². The molecule has 39 heavy (non-hydrogen) atoms. The summed E-state index contributed by atoms with van der Waals surface area (Å²) in [5.41, 5.74) is 1.10. The average Bonchev–Trinajstić information content (AvgIpc) is 2.87. The van der Waals surface area contributed by atoms with Crippen LogP contribution in [0, 0.1) is 5.92 Å². The summed E-state index contributed by atoms with van der Waals surface area (Å²) in [5.74, 6) is 2.97. The molecular formula is C28H37N7O4. The summed E-state index contributed by atoms with van der Waals surface area (Å²) in [6.07, 6.45) is 5.22. The number of rotatable bonds is 8. The maximum absolute atomic E-state index is 11.6. The summed E-state index contributed by atoms with van der Waals surface area (Å²) < 4.78 is 11.6. The van der Waals surface area contributed by atoms with Gasteiger partial charge in [0.1, 0.15) is 17.7 Å². The van der Waals surface area contributed by atoms with E-state index in [0.29, 0.717) is 56.1 Å². The summed E-state index contributed by atoms with van der Waals surface area (Å²) in [5, 5.41) is 15.5. The first kappa shape index (κ1) is 27.0. The molecule has 0 aliphatic carbocycles. The molecule has 0 aromatic carbocycles. The lowest BCUT2D eigenvalue weighted by Crippen LogP contribution is -2.54. The standard InChI is InChI=1S/C28H37N7O4/c1-16(2)21-11-31-27(39-17(3)19-13-35(14-19)18(4)36)22-12-30-26(10-20(21)22)32-25-6-8-29-28(33-25)34-9-7-24(38-5)23(37)15-34/h6,8,10-12,16-17,19,23-24,37H,7,9,13-15H2,1-5H3,(H,29,30,32,33)/t17-,23+,24+/m1/s1. The van der Waals surface area contributed by atoms with Crippen molar-refractivity contribution in [2.24, 2.45) is 5.92 Å². The normalized spacial score (nSPS) is 20.7. The molecule has 2 fully saturated rings. The predicted octanol–water partition coefficient (Wildman–Crippen LogP) is 3.12. The van der Waals surface area contributed by atoms with Crippen molar-refractivity contribution in [3.63, 3.8) is 0 Å². The molecule has 0 bridgehead atoms. The van der Waals surface area contributed by atoms with E-state index < -0.39 is 6.10 Å². The second kappa shape index (κ2) is 11.3. The maximum atomic E-state index is 11.6. The summed E-state index contributed by atoms with van der Waals surface area (Å²) in [7, 11) is 1.62. The zero-order valence-corrected chi connectivity index (χ0v) is 23.2. The van der Waals surface area contributed by atoms with Crippen LogP contribution in [0.25, 0.3) is 10.8 Å². The number of aliphatic hydroxyl groups excluding tert-OH is 1. The van der Waals surface area contributed by atoms with Crippen LogP contribution >= 0.6 is 0 Å². The number of hydrogen-bond acceptors (Lipinski definition) is 10. The smallest absolute Gasteiger partial charge is 0.227 e. The quantitative estimate of drug-likeness (QED) is 0.444. The molecule has 11 nitrogen and oxygen atoms in total. The number of amides is 1. The Hall–Kier alpha value is -3.57. The van der Waals surface area contributed by atoms with Crippen molar-refractivity contribution in [2.75, 3.05) is 43.5 Å². The second-order valence-electron chi connectivity index (χ2n) is 10.7. The van der Waals surface area contributed by atoms with Crippen molar-refractivity contribution in [1.29, 1.82) is 0 Å². The molecule has 0 spiro atoms. The van der Waals surface area contributed by atoms with Gasteiger partial charge in [0.2, 0.25) is 17.7 Å². The number of ether oxygens (including phenoxy) is 2. The second-order valence-corrected chi connectivity index (χ2v) is 10.7. The molecule has 2 aliphatic rings. The number of nitrogens with one attached hydrogen (secondary N) is 1. The Labute approximate surface area is 228 Å². The van der Waals surface area contributed by atoms with Crippen LogP contribution in [0.4, 0.5) is 17.6 Å². The molecule has 11 heteroatoms. The molecule has 5 rings (SSSR count). The van der Waals surface area contributed by atoms with Crippen molar-refractivity contribution < 1.29 is 19.4 Å². The minimum Gasteiger partial charge on any atom is -0.474 e. The number of β-amino-alcohol motifs (C(OH)–C–C–N with tert-alkyl or cyclic N) is 1. The Kier molecular flexibility index (Phi) is 7.81. The van der Waals surface area contributed by atoms with E-state index in [0.717, 1.165) is 16.3 Å². The lowest BCUT2D eigenvalue weighted by atomic mass is 9.94. The summed E-state index contributed by atoms with van der Waals surface area (Å²) >= 11 is 0. The van der Waals surface area contributed by atoms with Crippen LogP contribution in [0.2, 0.25) is 0 Å². The van der Waals surface area contributed by atoms with E-state index in [1.54, 1.807) is 32.5 Å². The van der Waals surface area contributed by atoms with E-state index in [2.05, 4.69) is 39.1 Å². The molecule has 5 heterocycles. The number of carbonyl (C=O) groups is 1. The van der Waals surface area contributed by atoms with E-state index in [4.69, 9.17) is 9.47 Å². The van der Waals surface area contributed by atoms with Crippen LogP contribution in [0.1, 0.15) is 45.6 Å². The first-order chi connectivity index (χ1) is 18.7. The van der Waals surface area contributed by atoms with Gasteiger partial charge in [0.15, 0.2) is 0 Å². The molecule has 3 atom stereocenters. The van der Waals surface area contributed by atoms with Gasteiger partial charge in [-0.1, -0.05) is 13.8 Å². The first-order valence-corrected chi connectivity index (χ1v) is 13.5. The van der Waals surface area contributed by atoms with Gasteiger partial charge in [-0.25, -0.2) is 15.0 Å². The highest BCUT2D eigenvalue weighted by Crippen LogP contribution is 2.34. The first-order valence-electron chi connectivity index (χ1n) is 13.5. The summed E-state index contributed by atoms with van der Waals surface area (Å²) in [4.78, 5) is 33.7. The van der Waals surface area contributed by atoms with Gasteiger partial charge in [-0.15, -0.1) is 0 Å². The molecule has 1 amide bonds. The Balaban J connectivity index is 1.35. The van der Waals surface area contributed by atoms with Gasteiger partial charge in [0.25, 0.3) is 0 Å². The summed E-state index contributed by atoms with van der Waals surface area (Å²) in [6, 6.07) is 3.79. The average molecular weight is 536 g/mol. The number of nitrogens with zero attached hydrogens (tertiary/aromatic N) is 6. The third kappa shape index (κ3) is 5.74. The molecular weight excluding hydrogens is 498 g/mol. The van der Waals surface area contributed by atoms with E-state index in [1.165, 1.54) is 0 Å².